The first kappa shape index (κ1) is 16.4. The molecule has 0 amide bonds. The molecule has 4 rings (SSSR count). The molecule has 0 N–H and O–H groups in total. The van der Waals surface area contributed by atoms with Crippen LogP contribution >= 0.6 is 0 Å². The van der Waals surface area contributed by atoms with E-state index in [0.717, 1.165) is 12.8 Å². The molecule has 3 heterocycles. The van der Waals surface area contributed by atoms with Gasteiger partial charge >= 0.3 is 6.61 Å². The second-order valence-corrected chi connectivity index (χ2v) is 7.13. The van der Waals surface area contributed by atoms with Crippen molar-refractivity contribution in [2.24, 2.45) is 5.92 Å². The van der Waals surface area contributed by atoms with Crippen molar-refractivity contribution in [3.63, 3.8) is 0 Å². The number of alkyl halides is 2. The molecule has 2 aliphatic heterocycles. The number of imidazole rings is 1. The third-order valence-electron chi connectivity index (χ3n) is 5.67. The van der Waals surface area contributed by atoms with E-state index >= 15 is 0 Å². The van der Waals surface area contributed by atoms with Crippen molar-refractivity contribution in [1.29, 1.82) is 0 Å². The van der Waals surface area contributed by atoms with Crippen molar-refractivity contribution >= 4 is 16.9 Å². The third-order valence-corrected chi connectivity index (χ3v) is 5.67. The number of hydrogen-bond donors (Lipinski definition) is 0. The summed E-state index contributed by atoms with van der Waals surface area (Å²) < 4.78 is 30.7. The molecule has 1 aromatic carbocycles. The fourth-order valence-electron chi connectivity index (χ4n) is 4.40. The van der Waals surface area contributed by atoms with Crippen LogP contribution in [-0.2, 0) is 0 Å². The Balaban J connectivity index is 1.52. The Bertz CT molecular complexity index is 778. The fraction of sp³-hybridized carbons (Fsp3) is 0.556. The zero-order valence-corrected chi connectivity index (χ0v) is 14.1. The number of nitrogens with zero attached hydrogens (tertiary/aromatic N) is 3. The van der Waals surface area contributed by atoms with Gasteiger partial charge in [-0.1, -0.05) is 0 Å². The molecule has 7 heteroatoms. The largest absolute Gasteiger partial charge is 0.435 e. The van der Waals surface area contributed by atoms with Gasteiger partial charge < -0.3 is 9.64 Å². The van der Waals surface area contributed by atoms with E-state index < -0.39 is 6.61 Å². The van der Waals surface area contributed by atoms with Crippen LogP contribution in [0.25, 0.3) is 11.0 Å². The van der Waals surface area contributed by atoms with E-state index in [2.05, 4.69) is 21.7 Å². The highest BCUT2D eigenvalue weighted by atomic mass is 19.3. The van der Waals surface area contributed by atoms with Gasteiger partial charge in [-0.15, -0.1) is 0 Å². The zero-order valence-electron chi connectivity index (χ0n) is 14.1. The number of hydrogen-bond acceptors (Lipinski definition) is 4. The van der Waals surface area contributed by atoms with Crippen molar-refractivity contribution in [1.82, 2.24) is 14.5 Å². The summed E-state index contributed by atoms with van der Waals surface area (Å²) in [5.41, 5.74) is 1.11. The first-order chi connectivity index (χ1) is 12.0. The van der Waals surface area contributed by atoms with Crippen LogP contribution in [0.3, 0.4) is 0 Å². The number of halogens is 2. The lowest BCUT2D eigenvalue weighted by Crippen LogP contribution is -2.40. The predicted molar refractivity (Wildman–Crippen MR) is 88.9 cm³/mol. The molecule has 0 spiro atoms. The van der Waals surface area contributed by atoms with E-state index in [1.807, 2.05) is 0 Å². The molecule has 2 atom stereocenters. The number of ether oxygens (including phenoxy) is 1. The lowest BCUT2D eigenvalue weighted by Gasteiger charge is -2.36. The lowest BCUT2D eigenvalue weighted by atomic mass is 9.88. The Labute approximate surface area is 144 Å². The highest BCUT2D eigenvalue weighted by Crippen LogP contribution is 2.39. The highest BCUT2D eigenvalue weighted by Gasteiger charge is 2.39. The Morgan fingerprint density at radius 1 is 1.32 bits per heavy atom. The minimum Gasteiger partial charge on any atom is -0.435 e. The van der Waals surface area contributed by atoms with E-state index in [1.54, 1.807) is 6.07 Å². The third kappa shape index (κ3) is 3.13. The van der Waals surface area contributed by atoms with Crippen LogP contribution in [0.15, 0.2) is 24.5 Å². The van der Waals surface area contributed by atoms with Crippen LogP contribution in [0, 0.1) is 5.92 Å². The van der Waals surface area contributed by atoms with Crippen LogP contribution in [0.5, 0.6) is 5.75 Å². The van der Waals surface area contributed by atoms with Gasteiger partial charge in [0.2, 0.25) is 5.91 Å². The Kier molecular flexibility index (Phi) is 4.19. The Hall–Kier alpha value is -2.02. The lowest BCUT2D eigenvalue weighted by molar-refractivity contribution is -0.0497. The molecule has 2 bridgehead atoms. The molecular weight excluding hydrogens is 328 g/mol. The zero-order chi connectivity index (χ0) is 17.6. The summed E-state index contributed by atoms with van der Waals surface area (Å²) in [5, 5.41) is 0. The van der Waals surface area contributed by atoms with Crippen molar-refractivity contribution in [2.75, 3.05) is 7.05 Å². The molecular formula is C18H21F2N3O2. The second kappa shape index (κ2) is 6.37. The van der Waals surface area contributed by atoms with Gasteiger partial charge in [0, 0.05) is 24.6 Å². The molecule has 0 aliphatic carbocycles. The normalized spacial score (nSPS) is 26.5. The smallest absolute Gasteiger partial charge is 0.387 e. The minimum absolute atomic E-state index is 0.0364. The first-order valence-electron chi connectivity index (χ1n) is 8.68. The summed E-state index contributed by atoms with van der Waals surface area (Å²) in [5.74, 6) is 0.374. The molecule has 2 unspecified atom stereocenters. The van der Waals surface area contributed by atoms with Gasteiger partial charge in [-0.3, -0.25) is 9.36 Å². The number of benzene rings is 1. The van der Waals surface area contributed by atoms with Crippen LogP contribution in [-0.4, -0.2) is 46.1 Å². The van der Waals surface area contributed by atoms with Gasteiger partial charge in [0.05, 0.1) is 11.0 Å². The number of piperidine rings is 1. The average Bonchev–Trinajstić information content (AvgIpc) is 3.04. The number of carbonyl (C=O) groups is 1. The van der Waals surface area contributed by atoms with Crippen molar-refractivity contribution in [2.45, 2.75) is 50.8 Å². The van der Waals surface area contributed by atoms with E-state index in [4.69, 9.17) is 0 Å². The molecule has 2 saturated heterocycles. The molecule has 2 aromatic rings. The maximum Gasteiger partial charge on any atom is 0.387 e. The number of rotatable bonds is 4. The summed E-state index contributed by atoms with van der Waals surface area (Å²) in [6.07, 6.45) is 6.47. The highest BCUT2D eigenvalue weighted by molar-refractivity contribution is 5.90. The summed E-state index contributed by atoms with van der Waals surface area (Å²) in [6.45, 7) is -2.89. The van der Waals surface area contributed by atoms with E-state index in [1.165, 1.54) is 35.9 Å². The topological polar surface area (TPSA) is 47.4 Å². The molecule has 2 fully saturated rings. The maximum absolute atomic E-state index is 12.8. The summed E-state index contributed by atoms with van der Waals surface area (Å²) >= 11 is 0. The van der Waals surface area contributed by atoms with Crippen molar-refractivity contribution < 1.29 is 18.3 Å². The molecule has 1 aromatic heterocycles. The molecule has 5 nitrogen and oxygen atoms in total. The minimum atomic E-state index is -2.89. The van der Waals surface area contributed by atoms with Gasteiger partial charge in [-0.05, 0) is 50.8 Å². The Morgan fingerprint density at radius 3 is 2.72 bits per heavy atom. The molecule has 25 heavy (non-hydrogen) atoms. The predicted octanol–water partition coefficient (Wildman–Crippen LogP) is 3.54. The fourth-order valence-corrected chi connectivity index (χ4v) is 4.40. The van der Waals surface area contributed by atoms with Crippen LogP contribution < -0.4 is 4.74 Å². The molecule has 0 radical (unpaired) electrons. The van der Waals surface area contributed by atoms with Crippen LogP contribution in [0.1, 0.15) is 36.9 Å². The van der Waals surface area contributed by atoms with E-state index in [0.29, 0.717) is 35.5 Å². The SMILES string of the molecule is CN1C2CCC1CC(CC(=O)n1cnc3ccc(OC(F)F)cc31)C2. The van der Waals surface area contributed by atoms with Gasteiger partial charge in [0.1, 0.15) is 12.1 Å². The van der Waals surface area contributed by atoms with Gasteiger partial charge in [-0.2, -0.15) is 8.78 Å². The number of carbonyl (C=O) groups excluding carboxylic acids is 1. The standard InChI is InChI=1S/C18H21F2N3O2/c1-22-12-2-3-13(22)7-11(6-12)8-17(24)23-10-21-15-5-4-14(9-16(15)23)25-18(19)20/h4-5,9-13,18H,2-3,6-8H2,1H3. The first-order valence-corrected chi connectivity index (χ1v) is 8.68. The van der Waals surface area contributed by atoms with E-state index in [9.17, 15) is 13.6 Å². The quantitative estimate of drug-likeness (QED) is 0.847. The maximum atomic E-state index is 12.8. The monoisotopic (exact) mass is 349 g/mol. The average molecular weight is 349 g/mol. The summed E-state index contributed by atoms with van der Waals surface area (Å²) in [4.78, 5) is 19.4. The van der Waals surface area contributed by atoms with Crippen LogP contribution in [0.2, 0.25) is 0 Å². The number of fused-ring (bicyclic) bond motifs is 3. The van der Waals surface area contributed by atoms with Gasteiger partial charge in [-0.25, -0.2) is 4.98 Å². The van der Waals surface area contributed by atoms with Gasteiger partial charge in [0.25, 0.3) is 0 Å². The summed E-state index contributed by atoms with van der Waals surface area (Å²) in [6, 6.07) is 5.65. The molecule has 2 aliphatic rings. The Morgan fingerprint density at radius 2 is 2.04 bits per heavy atom. The number of aromatic nitrogens is 2. The second-order valence-electron chi connectivity index (χ2n) is 7.13. The van der Waals surface area contributed by atoms with Crippen LogP contribution in [0.4, 0.5) is 8.78 Å². The van der Waals surface area contributed by atoms with E-state index in [-0.39, 0.29) is 11.7 Å². The summed E-state index contributed by atoms with van der Waals surface area (Å²) in [7, 11) is 2.17. The van der Waals surface area contributed by atoms with Crippen molar-refractivity contribution in [3.8, 4) is 5.75 Å². The van der Waals surface area contributed by atoms with Gasteiger partial charge in [0.15, 0.2) is 0 Å². The molecule has 134 valence electrons. The molecule has 0 saturated carbocycles. The van der Waals surface area contributed by atoms with Crippen molar-refractivity contribution in [3.05, 3.63) is 24.5 Å².